The van der Waals surface area contributed by atoms with E-state index in [-0.39, 0.29) is 13.0 Å². The zero-order chi connectivity index (χ0) is 21.2. The molecule has 1 fully saturated rings. The summed E-state index contributed by atoms with van der Waals surface area (Å²) in [5, 5.41) is 22.7. The van der Waals surface area contributed by atoms with Gasteiger partial charge in [0.05, 0.1) is 12.6 Å². The van der Waals surface area contributed by atoms with Gasteiger partial charge in [-0.3, -0.25) is 19.3 Å². The molecular weight excluding hydrogens is 382 g/mol. The molecule has 0 aromatic heterocycles. The smallest absolute Gasteiger partial charge is 0.410 e. The normalized spacial score (nSPS) is 16.7. The molecule has 3 amide bonds. The van der Waals surface area contributed by atoms with Crippen molar-refractivity contribution in [2.24, 2.45) is 0 Å². The van der Waals surface area contributed by atoms with E-state index in [0.717, 1.165) is 5.56 Å². The lowest BCUT2D eigenvalue weighted by Crippen LogP contribution is -2.50. The van der Waals surface area contributed by atoms with Crippen LogP contribution in [0.3, 0.4) is 0 Å². The van der Waals surface area contributed by atoms with E-state index in [1.165, 1.54) is 4.90 Å². The number of benzene rings is 1. The van der Waals surface area contributed by atoms with Crippen LogP contribution in [0, 0.1) is 0 Å². The number of hydrogen-bond donors (Lipinski definition) is 4. The summed E-state index contributed by atoms with van der Waals surface area (Å²) in [5.41, 5.74) is 0.828. The third kappa shape index (κ3) is 7.07. The number of aliphatic hydroxyl groups excluding tert-OH is 1. The fourth-order valence-corrected chi connectivity index (χ4v) is 2.99. The number of aliphatic hydroxyl groups is 1. The maximum absolute atomic E-state index is 12.6. The Labute approximate surface area is 167 Å². The van der Waals surface area contributed by atoms with Crippen LogP contribution in [0.15, 0.2) is 30.3 Å². The van der Waals surface area contributed by atoms with E-state index in [4.69, 9.17) is 9.84 Å². The van der Waals surface area contributed by atoms with E-state index in [9.17, 15) is 24.3 Å². The summed E-state index contributed by atoms with van der Waals surface area (Å²) in [6, 6.07) is 7.51. The molecule has 1 aromatic rings. The molecule has 1 heterocycles. The Morgan fingerprint density at radius 2 is 1.93 bits per heavy atom. The average molecular weight is 407 g/mol. The van der Waals surface area contributed by atoms with Crippen LogP contribution >= 0.6 is 0 Å². The third-order valence-electron chi connectivity index (χ3n) is 4.43. The first-order valence-electron chi connectivity index (χ1n) is 9.27. The van der Waals surface area contributed by atoms with E-state index in [2.05, 4.69) is 10.6 Å². The molecule has 1 aliphatic heterocycles. The highest BCUT2D eigenvalue weighted by Gasteiger charge is 2.36. The minimum Gasteiger partial charge on any atom is -0.480 e. The van der Waals surface area contributed by atoms with Gasteiger partial charge in [-0.25, -0.2) is 4.79 Å². The largest absolute Gasteiger partial charge is 0.480 e. The lowest BCUT2D eigenvalue weighted by atomic mass is 10.1. The molecule has 0 bridgehead atoms. The van der Waals surface area contributed by atoms with Crippen LogP contribution in [0.1, 0.15) is 24.8 Å². The predicted molar refractivity (Wildman–Crippen MR) is 101 cm³/mol. The summed E-state index contributed by atoms with van der Waals surface area (Å²) in [6.07, 6.45) is 0.184. The van der Waals surface area contributed by atoms with Crippen molar-refractivity contribution in [2.45, 2.75) is 38.0 Å². The molecule has 10 nitrogen and oxygen atoms in total. The Balaban J connectivity index is 1.86. The van der Waals surface area contributed by atoms with Crippen molar-refractivity contribution in [3.63, 3.8) is 0 Å². The molecule has 0 aliphatic carbocycles. The Morgan fingerprint density at radius 3 is 2.59 bits per heavy atom. The molecule has 10 heteroatoms. The second kappa shape index (κ2) is 11.0. The molecule has 1 aliphatic rings. The van der Waals surface area contributed by atoms with Crippen LogP contribution in [-0.2, 0) is 25.7 Å². The SMILES string of the molecule is O=C(O)CNC(=O)C[C@@H](CO)NC(=O)[C@@H]1CCCN1C(=O)OCc1ccccc1. The summed E-state index contributed by atoms with van der Waals surface area (Å²) in [7, 11) is 0. The van der Waals surface area contributed by atoms with Gasteiger partial charge in [0, 0.05) is 13.0 Å². The highest BCUT2D eigenvalue weighted by Crippen LogP contribution is 2.19. The number of carbonyl (C=O) groups excluding carboxylic acids is 3. The third-order valence-corrected chi connectivity index (χ3v) is 4.43. The number of rotatable bonds is 9. The molecule has 0 radical (unpaired) electrons. The number of amides is 3. The quantitative estimate of drug-likeness (QED) is 0.446. The number of likely N-dealkylation sites (tertiary alicyclic amines) is 1. The standard InChI is InChI=1S/C19H25N3O7/c23-11-14(9-16(24)20-10-17(25)26)21-18(27)15-7-4-8-22(15)19(28)29-12-13-5-2-1-3-6-13/h1-3,5-6,14-15,23H,4,7-12H2,(H,20,24)(H,21,27)(H,25,26)/t14-,15-/m0/s1. The maximum atomic E-state index is 12.6. The van der Waals surface area contributed by atoms with Crippen LogP contribution in [0.2, 0.25) is 0 Å². The second-order valence-electron chi connectivity index (χ2n) is 6.65. The van der Waals surface area contributed by atoms with Crippen molar-refractivity contribution in [2.75, 3.05) is 19.7 Å². The first kappa shape index (κ1) is 22.2. The van der Waals surface area contributed by atoms with Crippen LogP contribution in [0.4, 0.5) is 4.79 Å². The summed E-state index contributed by atoms with van der Waals surface area (Å²) in [4.78, 5) is 48.4. The number of aliphatic carboxylic acids is 1. The summed E-state index contributed by atoms with van der Waals surface area (Å²) < 4.78 is 5.28. The van der Waals surface area contributed by atoms with Crippen molar-refractivity contribution in [3.8, 4) is 0 Å². The van der Waals surface area contributed by atoms with Crippen LogP contribution in [0.5, 0.6) is 0 Å². The molecule has 2 atom stereocenters. The highest BCUT2D eigenvalue weighted by atomic mass is 16.6. The number of carboxylic acids is 1. The molecule has 0 spiro atoms. The van der Waals surface area contributed by atoms with Crippen molar-refractivity contribution in [1.29, 1.82) is 0 Å². The number of ether oxygens (including phenoxy) is 1. The first-order valence-corrected chi connectivity index (χ1v) is 9.27. The Kier molecular flexibility index (Phi) is 8.41. The fourth-order valence-electron chi connectivity index (χ4n) is 2.99. The van der Waals surface area contributed by atoms with Gasteiger partial charge in [-0.15, -0.1) is 0 Å². The number of nitrogens with one attached hydrogen (secondary N) is 2. The van der Waals surface area contributed by atoms with E-state index in [0.29, 0.717) is 19.4 Å². The van der Waals surface area contributed by atoms with Crippen molar-refractivity contribution >= 4 is 23.9 Å². The average Bonchev–Trinajstić information content (AvgIpc) is 3.21. The molecule has 158 valence electrons. The van der Waals surface area contributed by atoms with Gasteiger partial charge in [0.25, 0.3) is 0 Å². The van der Waals surface area contributed by atoms with E-state index in [1.54, 1.807) is 0 Å². The van der Waals surface area contributed by atoms with Gasteiger partial charge >= 0.3 is 12.1 Å². The summed E-state index contributed by atoms with van der Waals surface area (Å²) in [6.45, 7) is -0.589. The van der Waals surface area contributed by atoms with Gasteiger partial charge in [0.1, 0.15) is 19.2 Å². The Morgan fingerprint density at radius 1 is 1.21 bits per heavy atom. The van der Waals surface area contributed by atoms with Gasteiger partial charge in [-0.1, -0.05) is 30.3 Å². The van der Waals surface area contributed by atoms with Crippen LogP contribution < -0.4 is 10.6 Å². The number of hydrogen-bond acceptors (Lipinski definition) is 6. The lowest BCUT2D eigenvalue weighted by molar-refractivity contribution is -0.138. The minimum atomic E-state index is -1.20. The van der Waals surface area contributed by atoms with Crippen LogP contribution in [0.25, 0.3) is 0 Å². The lowest BCUT2D eigenvalue weighted by Gasteiger charge is -2.25. The second-order valence-corrected chi connectivity index (χ2v) is 6.65. The minimum absolute atomic E-state index is 0.0908. The monoisotopic (exact) mass is 407 g/mol. The van der Waals surface area contributed by atoms with Crippen molar-refractivity contribution in [3.05, 3.63) is 35.9 Å². The van der Waals surface area contributed by atoms with Crippen molar-refractivity contribution < 1.29 is 34.1 Å². The fraction of sp³-hybridized carbons (Fsp3) is 0.474. The molecule has 2 rings (SSSR count). The van der Waals surface area contributed by atoms with Gasteiger partial charge in [0.15, 0.2) is 0 Å². The number of carboxylic acid groups (broad SMARTS) is 1. The molecule has 4 N–H and O–H groups in total. The van der Waals surface area contributed by atoms with Gasteiger partial charge < -0.3 is 25.6 Å². The van der Waals surface area contributed by atoms with Gasteiger partial charge in [0.2, 0.25) is 11.8 Å². The Hall–Kier alpha value is -3.14. The maximum Gasteiger partial charge on any atom is 0.410 e. The Bertz CT molecular complexity index is 726. The number of nitrogens with zero attached hydrogens (tertiary/aromatic N) is 1. The zero-order valence-electron chi connectivity index (χ0n) is 15.9. The van der Waals surface area contributed by atoms with Crippen molar-refractivity contribution in [1.82, 2.24) is 15.5 Å². The molecule has 1 aromatic carbocycles. The van der Waals surface area contributed by atoms with E-state index < -0.39 is 49.1 Å². The van der Waals surface area contributed by atoms with E-state index >= 15 is 0 Å². The van der Waals surface area contributed by atoms with Crippen LogP contribution in [-0.4, -0.2) is 70.8 Å². The molecule has 0 saturated carbocycles. The highest BCUT2D eigenvalue weighted by molar-refractivity contribution is 5.87. The summed E-state index contributed by atoms with van der Waals surface area (Å²) in [5.74, 6) is -2.31. The molecular formula is C19H25N3O7. The van der Waals surface area contributed by atoms with Gasteiger partial charge in [-0.2, -0.15) is 0 Å². The molecule has 29 heavy (non-hydrogen) atoms. The molecule has 1 saturated heterocycles. The number of carbonyl (C=O) groups is 4. The molecule has 0 unspecified atom stereocenters. The topological polar surface area (TPSA) is 145 Å². The first-order chi connectivity index (χ1) is 13.9. The summed E-state index contributed by atoms with van der Waals surface area (Å²) >= 11 is 0. The van der Waals surface area contributed by atoms with E-state index in [1.807, 2.05) is 30.3 Å². The zero-order valence-corrected chi connectivity index (χ0v) is 15.9. The van der Waals surface area contributed by atoms with Gasteiger partial charge in [-0.05, 0) is 18.4 Å². The predicted octanol–water partition coefficient (Wildman–Crippen LogP) is -0.144.